The van der Waals surface area contributed by atoms with Crippen LogP contribution in [0.2, 0.25) is 0 Å². The lowest BCUT2D eigenvalue weighted by Crippen LogP contribution is -2.32. The molecule has 154 valence electrons. The van der Waals surface area contributed by atoms with E-state index in [9.17, 15) is 18.0 Å². The number of rotatable bonds is 2. The molecule has 0 aliphatic heterocycles. The number of alkyl halides is 3. The second-order valence-electron chi connectivity index (χ2n) is 7.08. The number of hydrogen-bond acceptors (Lipinski definition) is 4. The summed E-state index contributed by atoms with van der Waals surface area (Å²) >= 11 is 0. The lowest BCUT2D eigenvalue weighted by Gasteiger charge is -2.15. The molecule has 1 amide bonds. The minimum atomic E-state index is -4.46. The minimum absolute atomic E-state index is 0.310. The number of para-hydroxylation sites is 1. The van der Waals surface area contributed by atoms with Crippen molar-refractivity contribution in [3.63, 3.8) is 0 Å². The molecule has 3 aromatic heterocycles. The van der Waals surface area contributed by atoms with Crippen LogP contribution in [0.4, 0.5) is 18.0 Å². The fraction of sp³-hybridized carbons (Fsp3) is 0.238. The molecule has 0 saturated heterocycles. The Balaban J connectivity index is 1.68. The van der Waals surface area contributed by atoms with Crippen LogP contribution in [0, 0.1) is 13.8 Å². The Labute approximate surface area is 169 Å². The maximum Gasteiger partial charge on any atom is 0.417 e. The van der Waals surface area contributed by atoms with Crippen LogP contribution in [0.1, 0.15) is 35.6 Å². The second kappa shape index (κ2) is 7.08. The molecule has 0 bridgehead atoms. The Morgan fingerprint density at radius 1 is 1.10 bits per heavy atom. The first-order valence-corrected chi connectivity index (χ1v) is 9.25. The Morgan fingerprint density at radius 3 is 2.50 bits per heavy atom. The summed E-state index contributed by atoms with van der Waals surface area (Å²) < 4.78 is 39.4. The van der Waals surface area contributed by atoms with Crippen molar-refractivity contribution in [1.82, 2.24) is 25.1 Å². The van der Waals surface area contributed by atoms with Crippen LogP contribution < -0.4 is 5.32 Å². The number of pyridine rings is 2. The molecule has 0 aliphatic carbocycles. The Hall–Kier alpha value is -3.49. The fourth-order valence-corrected chi connectivity index (χ4v) is 3.50. The van der Waals surface area contributed by atoms with Gasteiger partial charge in [0, 0.05) is 17.0 Å². The first-order chi connectivity index (χ1) is 14.2. The highest BCUT2D eigenvalue weighted by molar-refractivity contribution is 6.08. The van der Waals surface area contributed by atoms with E-state index in [1.807, 2.05) is 31.2 Å². The highest BCUT2D eigenvalue weighted by atomic mass is 19.4. The summed E-state index contributed by atoms with van der Waals surface area (Å²) in [5.74, 6) is 0. The Bertz CT molecular complexity index is 1260. The van der Waals surface area contributed by atoms with Crippen molar-refractivity contribution < 1.29 is 18.0 Å². The van der Waals surface area contributed by atoms with Crippen LogP contribution in [0.5, 0.6) is 0 Å². The zero-order valence-electron chi connectivity index (χ0n) is 16.4. The number of carbonyl (C=O) groups is 1. The van der Waals surface area contributed by atoms with Gasteiger partial charge in [0.05, 0.1) is 34.2 Å². The van der Waals surface area contributed by atoms with Crippen LogP contribution in [-0.4, -0.2) is 25.8 Å². The average Bonchev–Trinajstić information content (AvgIpc) is 3.06. The number of aromatic nitrogens is 4. The summed E-state index contributed by atoms with van der Waals surface area (Å²) in [5.41, 5.74) is 2.21. The lowest BCUT2D eigenvalue weighted by atomic mass is 10.1. The summed E-state index contributed by atoms with van der Waals surface area (Å²) in [6.45, 7) is 5.27. The number of carbonyl (C=O) groups excluding carboxylic acids is 1. The van der Waals surface area contributed by atoms with E-state index < -0.39 is 23.8 Å². The van der Waals surface area contributed by atoms with E-state index in [-0.39, 0.29) is 0 Å². The normalized spacial score (nSPS) is 13.0. The quantitative estimate of drug-likeness (QED) is 0.506. The van der Waals surface area contributed by atoms with Gasteiger partial charge in [0.25, 0.3) is 0 Å². The molecule has 0 unspecified atom stereocenters. The van der Waals surface area contributed by atoms with Crippen molar-refractivity contribution in [2.75, 3.05) is 0 Å². The molecular weight excluding hydrogens is 395 g/mol. The summed E-state index contributed by atoms with van der Waals surface area (Å²) in [6, 6.07) is 8.68. The van der Waals surface area contributed by atoms with Gasteiger partial charge in [0.1, 0.15) is 5.52 Å². The molecule has 1 N–H and O–H groups in total. The molecule has 0 aliphatic rings. The molecule has 4 rings (SSSR count). The van der Waals surface area contributed by atoms with Crippen molar-refractivity contribution in [3.8, 4) is 0 Å². The van der Waals surface area contributed by atoms with E-state index >= 15 is 0 Å². The summed E-state index contributed by atoms with van der Waals surface area (Å²) in [7, 11) is 0. The summed E-state index contributed by atoms with van der Waals surface area (Å²) in [5, 5.41) is 8.87. The third-order valence-electron chi connectivity index (χ3n) is 4.95. The summed E-state index contributed by atoms with van der Waals surface area (Å²) in [4.78, 5) is 21.3. The van der Waals surface area contributed by atoms with Gasteiger partial charge in [-0.15, -0.1) is 0 Å². The predicted molar refractivity (Wildman–Crippen MR) is 106 cm³/mol. The van der Waals surface area contributed by atoms with Crippen molar-refractivity contribution in [3.05, 3.63) is 65.2 Å². The molecule has 1 aromatic carbocycles. The van der Waals surface area contributed by atoms with Gasteiger partial charge >= 0.3 is 12.2 Å². The Kier molecular flexibility index (Phi) is 4.68. The van der Waals surface area contributed by atoms with Crippen LogP contribution in [0.3, 0.4) is 0 Å². The minimum Gasteiger partial charge on any atom is -0.328 e. The Morgan fingerprint density at radius 2 is 1.83 bits per heavy atom. The highest BCUT2D eigenvalue weighted by Crippen LogP contribution is 2.30. The number of halogens is 3. The molecule has 30 heavy (non-hydrogen) atoms. The van der Waals surface area contributed by atoms with Gasteiger partial charge in [-0.1, -0.05) is 18.2 Å². The molecule has 3 heterocycles. The van der Waals surface area contributed by atoms with E-state index in [1.54, 1.807) is 13.8 Å². The first-order valence-electron chi connectivity index (χ1n) is 9.25. The number of benzene rings is 1. The predicted octanol–water partition coefficient (Wildman–Crippen LogP) is 4.93. The van der Waals surface area contributed by atoms with E-state index in [0.717, 1.165) is 28.6 Å². The molecule has 0 fully saturated rings. The number of hydrogen-bond donors (Lipinski definition) is 1. The largest absolute Gasteiger partial charge is 0.417 e. The van der Waals surface area contributed by atoms with E-state index in [2.05, 4.69) is 20.4 Å². The number of nitrogens with one attached hydrogen (secondary N) is 1. The van der Waals surface area contributed by atoms with Gasteiger partial charge in [0.2, 0.25) is 0 Å². The SMILES string of the molecule is Cc1nn(C(=O)N[C@@H](C)c2ccc(C(F)(F)F)cn2)c2c(C)nc3ccccc3c12. The number of fused-ring (bicyclic) bond motifs is 3. The molecule has 0 radical (unpaired) electrons. The van der Waals surface area contributed by atoms with Crippen LogP contribution in [0.25, 0.3) is 21.8 Å². The molecule has 0 saturated carbocycles. The standard InChI is InChI=1S/C21H18F3N5O/c1-11(16-9-8-14(10-25-16)21(22,23)24)27-20(30)29-19-13(3)26-17-7-5-4-6-15(17)18(19)12(2)28-29/h4-11H,1-3H3,(H,27,30)/t11-/m0/s1. The molecule has 6 nitrogen and oxygen atoms in total. The van der Waals surface area contributed by atoms with Crippen molar-refractivity contribution in [2.45, 2.75) is 33.0 Å². The van der Waals surface area contributed by atoms with Gasteiger partial charge in [-0.2, -0.15) is 23.0 Å². The third-order valence-corrected chi connectivity index (χ3v) is 4.95. The first kappa shape index (κ1) is 19.8. The van der Waals surface area contributed by atoms with Crippen molar-refractivity contribution >= 4 is 27.8 Å². The monoisotopic (exact) mass is 413 g/mol. The van der Waals surface area contributed by atoms with Crippen molar-refractivity contribution in [1.29, 1.82) is 0 Å². The van der Waals surface area contributed by atoms with E-state index in [1.165, 1.54) is 10.7 Å². The smallest absolute Gasteiger partial charge is 0.328 e. The summed E-state index contributed by atoms with van der Waals surface area (Å²) in [6.07, 6.45) is -3.71. The number of amides is 1. The zero-order valence-corrected chi connectivity index (χ0v) is 16.4. The highest BCUT2D eigenvalue weighted by Gasteiger charge is 2.31. The van der Waals surface area contributed by atoms with Gasteiger partial charge in [-0.05, 0) is 39.0 Å². The van der Waals surface area contributed by atoms with E-state index in [0.29, 0.717) is 22.6 Å². The molecule has 9 heteroatoms. The second-order valence-corrected chi connectivity index (χ2v) is 7.08. The maximum absolute atomic E-state index is 12.9. The van der Waals surface area contributed by atoms with Gasteiger partial charge in [-0.25, -0.2) is 4.79 Å². The number of nitrogens with zero attached hydrogens (tertiary/aromatic N) is 4. The van der Waals surface area contributed by atoms with Crippen molar-refractivity contribution in [2.24, 2.45) is 0 Å². The molecular formula is C21H18F3N5O. The average molecular weight is 413 g/mol. The van der Waals surface area contributed by atoms with Crippen LogP contribution in [0.15, 0.2) is 42.6 Å². The number of aryl methyl sites for hydroxylation is 2. The fourth-order valence-electron chi connectivity index (χ4n) is 3.50. The van der Waals surface area contributed by atoms with Crippen LogP contribution >= 0.6 is 0 Å². The molecule has 1 atom stereocenters. The van der Waals surface area contributed by atoms with Gasteiger partial charge < -0.3 is 5.32 Å². The lowest BCUT2D eigenvalue weighted by molar-refractivity contribution is -0.137. The third kappa shape index (κ3) is 3.36. The zero-order chi connectivity index (χ0) is 21.6. The molecule has 0 spiro atoms. The maximum atomic E-state index is 12.9. The van der Waals surface area contributed by atoms with Gasteiger partial charge in [0.15, 0.2) is 0 Å². The topological polar surface area (TPSA) is 72.7 Å². The molecule has 4 aromatic rings. The van der Waals surface area contributed by atoms with E-state index in [4.69, 9.17) is 0 Å². The van der Waals surface area contributed by atoms with Crippen LogP contribution in [-0.2, 0) is 6.18 Å². The van der Waals surface area contributed by atoms with Gasteiger partial charge in [-0.3, -0.25) is 9.97 Å².